The molecule has 0 amide bonds. The van der Waals surface area contributed by atoms with Gasteiger partial charge in [0.2, 0.25) is 0 Å². The Balaban J connectivity index is 2.43. The first-order valence-electron chi connectivity index (χ1n) is 6.92. The smallest absolute Gasteiger partial charge is 0.195 e. The summed E-state index contributed by atoms with van der Waals surface area (Å²) < 4.78 is 2.03. The zero-order valence-electron chi connectivity index (χ0n) is 12.8. The SMILES string of the molecule is CC(c1nnc(SCCC#N)n1-c1ccc(Cl)cc1)N(C)C. The lowest BCUT2D eigenvalue weighted by Gasteiger charge is -2.20. The Labute approximate surface area is 139 Å². The molecule has 1 aromatic carbocycles. The van der Waals surface area contributed by atoms with Gasteiger partial charge in [0.05, 0.1) is 12.1 Å². The predicted octanol–water partition coefficient (Wildman–Crippen LogP) is 3.55. The molecule has 0 fully saturated rings. The zero-order chi connectivity index (χ0) is 16.1. The highest BCUT2D eigenvalue weighted by Crippen LogP contribution is 2.27. The molecule has 0 aliphatic rings. The van der Waals surface area contributed by atoms with E-state index in [9.17, 15) is 0 Å². The van der Waals surface area contributed by atoms with E-state index in [-0.39, 0.29) is 6.04 Å². The largest absolute Gasteiger partial charge is 0.300 e. The van der Waals surface area contributed by atoms with Gasteiger partial charge in [0, 0.05) is 22.9 Å². The number of benzene rings is 1. The van der Waals surface area contributed by atoms with E-state index in [0.717, 1.165) is 16.7 Å². The van der Waals surface area contributed by atoms with Crippen LogP contribution in [0.25, 0.3) is 5.69 Å². The molecule has 0 radical (unpaired) electrons. The number of hydrogen-bond acceptors (Lipinski definition) is 5. The number of rotatable bonds is 6. The van der Waals surface area contributed by atoms with Crippen LogP contribution in [0.15, 0.2) is 29.4 Å². The molecule has 7 heteroatoms. The number of aromatic nitrogens is 3. The van der Waals surface area contributed by atoms with Gasteiger partial charge in [-0.05, 0) is 45.3 Å². The van der Waals surface area contributed by atoms with Crippen LogP contribution in [0.2, 0.25) is 5.02 Å². The van der Waals surface area contributed by atoms with Crippen LogP contribution in [0.4, 0.5) is 0 Å². The van der Waals surface area contributed by atoms with Crippen molar-refractivity contribution in [3.63, 3.8) is 0 Å². The van der Waals surface area contributed by atoms with Crippen molar-refractivity contribution in [2.45, 2.75) is 24.5 Å². The molecule has 2 rings (SSSR count). The summed E-state index contributed by atoms with van der Waals surface area (Å²) in [7, 11) is 4.02. The average molecular weight is 336 g/mol. The van der Waals surface area contributed by atoms with Crippen LogP contribution in [-0.4, -0.2) is 39.5 Å². The molecule has 22 heavy (non-hydrogen) atoms. The second kappa shape index (κ2) is 7.63. The molecule has 1 heterocycles. The minimum Gasteiger partial charge on any atom is -0.300 e. The minimum absolute atomic E-state index is 0.119. The first-order chi connectivity index (χ1) is 10.5. The van der Waals surface area contributed by atoms with Gasteiger partial charge in [-0.2, -0.15) is 5.26 Å². The van der Waals surface area contributed by atoms with Crippen molar-refractivity contribution in [2.75, 3.05) is 19.8 Å². The standard InChI is InChI=1S/C15H18ClN5S/c1-11(20(2)3)14-18-19-15(22-10-4-9-17)21(14)13-7-5-12(16)6-8-13/h5-8,11H,4,10H2,1-3H3. The van der Waals surface area contributed by atoms with Gasteiger partial charge in [0.15, 0.2) is 11.0 Å². The second-order valence-corrected chi connectivity index (χ2v) is 6.55. The van der Waals surface area contributed by atoms with Crippen LogP contribution in [0.1, 0.15) is 25.2 Å². The molecule has 5 nitrogen and oxygen atoms in total. The Morgan fingerprint density at radius 2 is 2.00 bits per heavy atom. The third kappa shape index (κ3) is 3.80. The highest BCUT2D eigenvalue weighted by atomic mass is 35.5. The van der Waals surface area contributed by atoms with E-state index >= 15 is 0 Å². The molecule has 0 saturated carbocycles. The normalized spacial score (nSPS) is 12.4. The summed E-state index contributed by atoms with van der Waals surface area (Å²) in [5.41, 5.74) is 0.970. The summed E-state index contributed by atoms with van der Waals surface area (Å²) >= 11 is 7.51. The minimum atomic E-state index is 0.119. The summed E-state index contributed by atoms with van der Waals surface area (Å²) in [5, 5.41) is 18.8. The predicted molar refractivity (Wildman–Crippen MR) is 89.4 cm³/mol. The molecule has 0 saturated heterocycles. The van der Waals surface area contributed by atoms with Gasteiger partial charge in [-0.15, -0.1) is 10.2 Å². The van der Waals surface area contributed by atoms with Crippen LogP contribution < -0.4 is 0 Å². The fourth-order valence-corrected chi connectivity index (χ4v) is 2.83. The van der Waals surface area contributed by atoms with Gasteiger partial charge in [-0.25, -0.2) is 0 Å². The molecule has 2 aromatic rings. The lowest BCUT2D eigenvalue weighted by Crippen LogP contribution is -2.20. The monoisotopic (exact) mass is 335 g/mol. The Morgan fingerprint density at radius 1 is 1.32 bits per heavy atom. The van der Waals surface area contributed by atoms with Crippen LogP contribution in [0.5, 0.6) is 0 Å². The number of nitrogens with zero attached hydrogens (tertiary/aromatic N) is 5. The van der Waals surface area contributed by atoms with E-state index in [1.807, 2.05) is 42.9 Å². The number of halogens is 1. The molecule has 0 bridgehead atoms. The van der Waals surface area contributed by atoms with E-state index in [1.54, 1.807) is 0 Å². The summed E-state index contributed by atoms with van der Waals surface area (Å²) in [6.07, 6.45) is 0.483. The molecule has 0 N–H and O–H groups in total. The topological polar surface area (TPSA) is 57.7 Å². The lowest BCUT2D eigenvalue weighted by atomic mass is 10.2. The maximum absolute atomic E-state index is 8.70. The van der Waals surface area contributed by atoms with E-state index in [4.69, 9.17) is 16.9 Å². The first kappa shape index (κ1) is 16.8. The molecule has 1 atom stereocenters. The van der Waals surface area contributed by atoms with Crippen molar-refractivity contribution in [3.8, 4) is 11.8 Å². The highest BCUT2D eigenvalue weighted by Gasteiger charge is 2.20. The second-order valence-electron chi connectivity index (χ2n) is 5.05. The fraction of sp³-hybridized carbons (Fsp3) is 0.400. The van der Waals surface area contributed by atoms with Crippen LogP contribution >= 0.6 is 23.4 Å². The maximum atomic E-state index is 8.70. The van der Waals surface area contributed by atoms with Crippen molar-refractivity contribution in [1.82, 2.24) is 19.7 Å². The number of nitriles is 1. The van der Waals surface area contributed by atoms with Crippen LogP contribution in [0.3, 0.4) is 0 Å². The van der Waals surface area contributed by atoms with Crippen molar-refractivity contribution in [2.24, 2.45) is 0 Å². The third-order valence-electron chi connectivity index (χ3n) is 3.34. The Kier molecular flexibility index (Phi) is 5.83. The molecule has 1 aromatic heterocycles. The molecular formula is C15H18ClN5S. The number of thioether (sulfide) groups is 1. The number of hydrogen-bond donors (Lipinski definition) is 0. The average Bonchev–Trinajstić information content (AvgIpc) is 2.91. The van der Waals surface area contributed by atoms with E-state index < -0.39 is 0 Å². The summed E-state index contributed by atoms with van der Waals surface area (Å²) in [5.74, 6) is 1.56. The lowest BCUT2D eigenvalue weighted by molar-refractivity contribution is 0.305. The Bertz CT molecular complexity index is 660. The summed E-state index contributed by atoms with van der Waals surface area (Å²) in [6, 6.07) is 9.87. The quantitative estimate of drug-likeness (QED) is 0.597. The molecule has 0 spiro atoms. The molecule has 0 aliphatic carbocycles. The van der Waals surface area contributed by atoms with Gasteiger partial charge >= 0.3 is 0 Å². The molecule has 0 aliphatic heterocycles. The van der Waals surface area contributed by atoms with Crippen molar-refractivity contribution in [1.29, 1.82) is 5.26 Å². The highest BCUT2D eigenvalue weighted by molar-refractivity contribution is 7.99. The van der Waals surface area contributed by atoms with Gasteiger partial charge in [0.1, 0.15) is 0 Å². The van der Waals surface area contributed by atoms with Gasteiger partial charge in [-0.1, -0.05) is 23.4 Å². The molecular weight excluding hydrogens is 318 g/mol. The van der Waals surface area contributed by atoms with Crippen molar-refractivity contribution < 1.29 is 0 Å². The van der Waals surface area contributed by atoms with E-state index in [2.05, 4.69) is 28.1 Å². The van der Waals surface area contributed by atoms with Crippen LogP contribution in [0, 0.1) is 11.3 Å². The Morgan fingerprint density at radius 3 is 2.59 bits per heavy atom. The van der Waals surface area contributed by atoms with E-state index in [1.165, 1.54) is 11.8 Å². The zero-order valence-corrected chi connectivity index (χ0v) is 14.4. The van der Waals surface area contributed by atoms with E-state index in [0.29, 0.717) is 17.2 Å². The molecule has 116 valence electrons. The molecule has 1 unspecified atom stereocenters. The fourth-order valence-electron chi connectivity index (χ4n) is 1.90. The van der Waals surface area contributed by atoms with Crippen molar-refractivity contribution >= 4 is 23.4 Å². The van der Waals surface area contributed by atoms with Gasteiger partial charge in [-0.3, -0.25) is 9.47 Å². The van der Waals surface area contributed by atoms with Gasteiger partial charge in [0.25, 0.3) is 0 Å². The first-order valence-corrected chi connectivity index (χ1v) is 8.28. The summed E-state index contributed by atoms with van der Waals surface area (Å²) in [6.45, 7) is 2.08. The maximum Gasteiger partial charge on any atom is 0.195 e. The Hall–Kier alpha value is -1.55. The van der Waals surface area contributed by atoms with Crippen LogP contribution in [-0.2, 0) is 0 Å². The van der Waals surface area contributed by atoms with Crippen molar-refractivity contribution in [3.05, 3.63) is 35.1 Å². The third-order valence-corrected chi connectivity index (χ3v) is 4.52. The van der Waals surface area contributed by atoms with Gasteiger partial charge < -0.3 is 0 Å². The summed E-state index contributed by atoms with van der Waals surface area (Å²) in [4.78, 5) is 2.08.